The number of rotatable bonds is 2. The summed E-state index contributed by atoms with van der Waals surface area (Å²) in [6, 6.07) is 33.2. The quantitative estimate of drug-likeness (QED) is 0.195. The Labute approximate surface area is 224 Å². The number of pyridine rings is 3. The zero-order chi connectivity index (χ0) is 26.0. The molecule has 35 heavy (non-hydrogen) atoms. The molecule has 0 fully saturated rings. The molecule has 0 N–H and O–H groups in total. The Morgan fingerprint density at radius 1 is 0.771 bits per heavy atom. The fourth-order valence-corrected chi connectivity index (χ4v) is 4.31. The third-order valence-electron chi connectivity index (χ3n) is 6.05. The van der Waals surface area contributed by atoms with Crippen LogP contribution in [0.5, 0.6) is 0 Å². The predicted octanol–water partition coefficient (Wildman–Crippen LogP) is 7.10. The molecule has 4 heteroatoms. The third-order valence-corrected chi connectivity index (χ3v) is 6.05. The smallest absolute Gasteiger partial charge is 0.0284 e. The van der Waals surface area contributed by atoms with Crippen LogP contribution in [0.25, 0.3) is 33.8 Å². The Bertz CT molecular complexity index is 1500. The van der Waals surface area contributed by atoms with Crippen LogP contribution in [0.4, 0.5) is 0 Å². The van der Waals surface area contributed by atoms with Gasteiger partial charge in [0, 0.05) is 42.0 Å². The van der Waals surface area contributed by atoms with E-state index in [1.54, 1.807) is 12.3 Å². The maximum atomic E-state index is 7.54. The van der Waals surface area contributed by atoms with Crippen molar-refractivity contribution in [1.82, 2.24) is 15.0 Å². The number of nitrogens with zero attached hydrogens (tertiary/aromatic N) is 3. The molecule has 1 aliphatic rings. The van der Waals surface area contributed by atoms with Crippen LogP contribution in [0.3, 0.4) is 0 Å². The molecule has 0 unspecified atom stereocenters. The monoisotopic (exact) mass is 635 g/mol. The van der Waals surface area contributed by atoms with Crippen molar-refractivity contribution in [3.63, 3.8) is 0 Å². The summed E-state index contributed by atoms with van der Waals surface area (Å²) >= 11 is 0. The molecule has 0 spiro atoms. The Hall–Kier alpha value is -3.46. The molecule has 0 aliphatic heterocycles. The molecule has 3 nitrogen and oxygen atoms in total. The van der Waals surface area contributed by atoms with E-state index < -0.39 is 6.85 Å². The average Bonchev–Trinajstić information content (AvgIpc) is 3.16. The van der Waals surface area contributed by atoms with Crippen molar-refractivity contribution in [3.05, 3.63) is 126 Å². The van der Waals surface area contributed by atoms with Crippen LogP contribution in [-0.4, -0.2) is 15.0 Å². The van der Waals surface area contributed by atoms with Crippen LogP contribution in [0, 0.1) is 19.0 Å². The second-order valence-corrected chi connectivity index (χ2v) is 8.60. The average molecular weight is 635 g/mol. The minimum absolute atomic E-state index is 0. The van der Waals surface area contributed by atoms with E-state index in [-0.39, 0.29) is 31.2 Å². The van der Waals surface area contributed by atoms with Gasteiger partial charge in [-0.2, -0.15) is 12.1 Å². The number of aromatic nitrogens is 3. The predicted molar refractivity (Wildman–Crippen MR) is 137 cm³/mol. The number of aryl methyl sites for hydroxylation is 1. The second kappa shape index (κ2) is 10.4. The maximum Gasteiger partial charge on any atom is 0.0284 e. The van der Waals surface area contributed by atoms with E-state index in [2.05, 4.69) is 59.1 Å². The largest absolute Gasteiger partial charge is 0.318 e. The van der Waals surface area contributed by atoms with Gasteiger partial charge >= 0.3 is 0 Å². The van der Waals surface area contributed by atoms with Crippen molar-refractivity contribution in [2.24, 2.45) is 0 Å². The Balaban J connectivity index is 0.000000218. The van der Waals surface area contributed by atoms with Crippen molar-refractivity contribution >= 4 is 0 Å². The molecule has 2 aromatic carbocycles. The first-order valence-corrected chi connectivity index (χ1v) is 11.1. The summed E-state index contributed by atoms with van der Waals surface area (Å²) in [7, 11) is 0. The molecule has 0 amide bonds. The fourth-order valence-electron chi connectivity index (χ4n) is 4.31. The number of fused-ring (bicyclic) bond motifs is 3. The SMILES string of the molecule is [2H]C([2H])([2H])c1cc[c-]c(-c2cc3c(cn2)C(C)(C)c2ccccc2-3)n1.[Ir].[c-]1ccccc1-c1ccccn1. The van der Waals surface area contributed by atoms with Crippen LogP contribution in [-0.2, 0) is 25.5 Å². The first-order chi connectivity index (χ1) is 17.7. The van der Waals surface area contributed by atoms with E-state index >= 15 is 0 Å². The van der Waals surface area contributed by atoms with Crippen LogP contribution in [0.2, 0.25) is 0 Å². The van der Waals surface area contributed by atoms with E-state index in [9.17, 15) is 0 Å². The summed E-state index contributed by atoms with van der Waals surface area (Å²) in [6.07, 6.45) is 3.67. The number of benzene rings is 2. The number of hydrogen-bond donors (Lipinski definition) is 0. The van der Waals surface area contributed by atoms with E-state index in [0.717, 1.165) is 16.8 Å². The molecule has 0 atom stereocenters. The van der Waals surface area contributed by atoms with Crippen LogP contribution >= 0.6 is 0 Å². The Kier molecular flexibility index (Phi) is 6.22. The number of hydrogen-bond acceptors (Lipinski definition) is 3. The fraction of sp³-hybridized carbons (Fsp3) is 0.129. The van der Waals surface area contributed by atoms with Crippen LogP contribution in [0.15, 0.2) is 97.3 Å². The molecule has 3 aromatic heterocycles. The molecule has 0 saturated heterocycles. The Morgan fingerprint density at radius 3 is 2.37 bits per heavy atom. The molecule has 1 radical (unpaired) electrons. The van der Waals surface area contributed by atoms with Gasteiger partial charge in [-0.25, -0.2) is 0 Å². The molecule has 6 rings (SSSR count). The first-order valence-electron chi connectivity index (χ1n) is 12.6. The van der Waals surface area contributed by atoms with E-state index in [1.807, 2.05) is 60.8 Å². The molecular weight excluding hydrogens is 607 g/mol. The summed E-state index contributed by atoms with van der Waals surface area (Å²) in [4.78, 5) is 13.0. The Morgan fingerprint density at radius 2 is 1.60 bits per heavy atom. The van der Waals surface area contributed by atoms with Crippen LogP contribution < -0.4 is 0 Å². The summed E-state index contributed by atoms with van der Waals surface area (Å²) in [5.41, 5.74) is 7.83. The summed E-state index contributed by atoms with van der Waals surface area (Å²) in [6.45, 7) is 2.15. The van der Waals surface area contributed by atoms with Gasteiger partial charge < -0.3 is 9.97 Å². The zero-order valence-electron chi connectivity index (χ0n) is 22.4. The summed E-state index contributed by atoms with van der Waals surface area (Å²) in [5, 5.41) is 0. The van der Waals surface area contributed by atoms with Gasteiger partial charge in [-0.1, -0.05) is 56.3 Å². The van der Waals surface area contributed by atoms with E-state index in [1.165, 1.54) is 22.8 Å². The minimum Gasteiger partial charge on any atom is -0.318 e. The molecule has 1 aliphatic carbocycles. The maximum absolute atomic E-state index is 7.54. The standard InChI is InChI=1S/C20H17N2.C11H8N.Ir/c1-13-7-6-10-18(22-13)19-11-15-14-8-4-5-9-16(14)20(2,3)17(15)12-21-19;1-2-6-10(7-3-1)11-8-4-5-9-12-11;/h4-9,11-12H,1-3H3;1-6,8-9H;/q2*-1;/i1D3;;. The normalized spacial score (nSPS) is 14.1. The van der Waals surface area contributed by atoms with Crippen molar-refractivity contribution in [1.29, 1.82) is 0 Å². The summed E-state index contributed by atoms with van der Waals surface area (Å²) in [5.74, 6) is 0. The van der Waals surface area contributed by atoms with Gasteiger partial charge in [-0.3, -0.25) is 4.98 Å². The van der Waals surface area contributed by atoms with E-state index in [4.69, 9.17) is 4.11 Å². The topological polar surface area (TPSA) is 38.7 Å². The van der Waals surface area contributed by atoms with Crippen molar-refractivity contribution in [3.8, 4) is 33.8 Å². The molecule has 5 aromatic rings. The van der Waals surface area contributed by atoms with Crippen molar-refractivity contribution in [2.75, 3.05) is 0 Å². The van der Waals surface area contributed by atoms with Gasteiger partial charge in [-0.15, -0.1) is 42.0 Å². The summed E-state index contributed by atoms with van der Waals surface area (Å²) < 4.78 is 22.6. The van der Waals surface area contributed by atoms with Gasteiger partial charge in [0.1, 0.15) is 0 Å². The van der Waals surface area contributed by atoms with E-state index in [0.29, 0.717) is 11.4 Å². The second-order valence-electron chi connectivity index (χ2n) is 8.60. The molecule has 175 valence electrons. The van der Waals surface area contributed by atoms with Crippen molar-refractivity contribution in [2.45, 2.75) is 26.1 Å². The van der Waals surface area contributed by atoms with Crippen molar-refractivity contribution < 1.29 is 24.2 Å². The van der Waals surface area contributed by atoms with Gasteiger partial charge in [0.15, 0.2) is 0 Å². The van der Waals surface area contributed by atoms with Gasteiger partial charge in [0.05, 0.1) is 0 Å². The third kappa shape index (κ3) is 5.00. The molecule has 0 bridgehead atoms. The first kappa shape index (κ1) is 20.9. The van der Waals surface area contributed by atoms with Gasteiger partial charge in [0.25, 0.3) is 0 Å². The molecule has 0 saturated carbocycles. The van der Waals surface area contributed by atoms with Gasteiger partial charge in [-0.05, 0) is 57.9 Å². The molecular formula is C31H25IrN3-2. The zero-order valence-corrected chi connectivity index (χ0v) is 21.8. The van der Waals surface area contributed by atoms with Gasteiger partial charge in [0.2, 0.25) is 0 Å². The molecule has 3 heterocycles. The van der Waals surface area contributed by atoms with Crippen LogP contribution in [0.1, 0.15) is 34.8 Å². The minimum atomic E-state index is -2.24.